The van der Waals surface area contributed by atoms with Gasteiger partial charge in [0.05, 0.1) is 39.6 Å². The highest BCUT2D eigenvalue weighted by Crippen LogP contribution is 2.46. The third kappa shape index (κ3) is 13.6. The smallest absolute Gasteiger partial charge is 0.193 e. The number of hydrogen-bond donors (Lipinski definition) is 0. The van der Waals surface area contributed by atoms with Crippen LogP contribution in [0.1, 0.15) is 135 Å². The zero-order valence-corrected chi connectivity index (χ0v) is 29.5. The van der Waals surface area contributed by atoms with Gasteiger partial charge in [-0.2, -0.15) is 0 Å². The van der Waals surface area contributed by atoms with Gasteiger partial charge in [-0.3, -0.25) is 4.79 Å². The van der Waals surface area contributed by atoms with Gasteiger partial charge in [-0.05, 0) is 68.9 Å². The Morgan fingerprint density at radius 3 is 1.39 bits per heavy atom. The number of ketones is 1. The summed E-state index contributed by atoms with van der Waals surface area (Å²) in [5, 5.41) is 0. The molecule has 0 spiro atoms. The standard InChI is InChI=1S/C39H60O7/c1-7-13-23-41-32-20-22-34(42-24-14-8-2)31(29-32)19-21-33(40)37-38(45-27-17-11-5)35(43-25-15-9-3)30-36(44-26-16-10-4)39(37)46-28-18-12-6/h19-22,29-30H,7-18,23-28H2,1-6H3/b21-19+. The molecule has 2 aromatic rings. The summed E-state index contributed by atoms with van der Waals surface area (Å²) >= 11 is 0. The first-order chi connectivity index (χ1) is 22.5. The quantitative estimate of drug-likeness (QED) is 0.0546. The Morgan fingerprint density at radius 2 is 0.935 bits per heavy atom. The van der Waals surface area contributed by atoms with Crippen LogP contribution in [0, 0.1) is 0 Å². The monoisotopic (exact) mass is 640 g/mol. The molecule has 0 aromatic heterocycles. The summed E-state index contributed by atoms with van der Waals surface area (Å²) in [4.78, 5) is 14.3. The van der Waals surface area contributed by atoms with E-state index >= 15 is 0 Å². The minimum absolute atomic E-state index is 0.254. The number of hydrogen-bond acceptors (Lipinski definition) is 7. The second kappa shape index (κ2) is 23.9. The van der Waals surface area contributed by atoms with E-state index in [9.17, 15) is 4.79 Å². The molecule has 2 aromatic carbocycles. The van der Waals surface area contributed by atoms with E-state index in [0.29, 0.717) is 74.0 Å². The zero-order chi connectivity index (χ0) is 33.4. The summed E-state index contributed by atoms with van der Waals surface area (Å²) in [5.41, 5.74) is 1.10. The Balaban J connectivity index is 2.67. The number of allylic oxidation sites excluding steroid dienone is 1. The summed E-state index contributed by atoms with van der Waals surface area (Å²) in [5.74, 6) is 3.02. The van der Waals surface area contributed by atoms with Crippen LogP contribution in [0.15, 0.2) is 30.3 Å². The highest BCUT2D eigenvalue weighted by atomic mass is 16.5. The lowest BCUT2D eigenvalue weighted by Crippen LogP contribution is -2.12. The van der Waals surface area contributed by atoms with Crippen molar-refractivity contribution in [3.63, 3.8) is 0 Å². The molecule has 0 N–H and O–H groups in total. The fourth-order valence-corrected chi connectivity index (χ4v) is 4.40. The lowest BCUT2D eigenvalue weighted by Gasteiger charge is -2.22. The fourth-order valence-electron chi connectivity index (χ4n) is 4.40. The van der Waals surface area contributed by atoms with Crippen LogP contribution >= 0.6 is 0 Å². The van der Waals surface area contributed by atoms with Crippen LogP contribution in [0.4, 0.5) is 0 Å². The largest absolute Gasteiger partial charge is 0.494 e. The van der Waals surface area contributed by atoms with Gasteiger partial charge in [-0.1, -0.05) is 80.1 Å². The van der Waals surface area contributed by atoms with Crippen molar-refractivity contribution in [1.29, 1.82) is 0 Å². The highest BCUT2D eigenvalue weighted by Gasteiger charge is 2.27. The van der Waals surface area contributed by atoms with Crippen LogP contribution in [-0.2, 0) is 0 Å². The Kier molecular flexibility index (Phi) is 20.2. The Bertz CT molecular complexity index is 1120. The van der Waals surface area contributed by atoms with Gasteiger partial charge in [0.2, 0.25) is 0 Å². The molecule has 0 radical (unpaired) electrons. The molecular weight excluding hydrogens is 580 g/mol. The number of carbonyl (C=O) groups is 1. The van der Waals surface area contributed by atoms with E-state index in [1.807, 2.05) is 24.3 Å². The topological polar surface area (TPSA) is 72.5 Å². The van der Waals surface area contributed by atoms with Crippen LogP contribution in [0.2, 0.25) is 0 Å². The highest BCUT2D eigenvalue weighted by molar-refractivity contribution is 6.11. The maximum atomic E-state index is 14.3. The van der Waals surface area contributed by atoms with Crippen molar-refractivity contribution in [2.75, 3.05) is 39.6 Å². The van der Waals surface area contributed by atoms with Crippen LogP contribution in [-0.4, -0.2) is 45.4 Å². The minimum Gasteiger partial charge on any atom is -0.494 e. The summed E-state index contributed by atoms with van der Waals surface area (Å²) in [6.07, 6.45) is 14.7. The molecule has 0 aliphatic heterocycles. The molecule has 7 nitrogen and oxygen atoms in total. The van der Waals surface area contributed by atoms with E-state index in [1.165, 1.54) is 0 Å². The predicted molar refractivity (Wildman–Crippen MR) is 189 cm³/mol. The number of ether oxygens (including phenoxy) is 6. The zero-order valence-electron chi connectivity index (χ0n) is 29.5. The first-order valence-electron chi connectivity index (χ1n) is 17.9. The third-order valence-electron chi connectivity index (χ3n) is 7.33. The lowest BCUT2D eigenvalue weighted by molar-refractivity contribution is 0.103. The molecule has 46 heavy (non-hydrogen) atoms. The molecule has 0 amide bonds. The fraction of sp³-hybridized carbons (Fsp3) is 0.615. The lowest BCUT2D eigenvalue weighted by atomic mass is 10.0. The molecule has 0 unspecified atom stereocenters. The molecule has 0 aliphatic carbocycles. The number of unbranched alkanes of at least 4 members (excludes halogenated alkanes) is 6. The second-order valence-electron chi connectivity index (χ2n) is 11.5. The molecule has 0 saturated carbocycles. The van der Waals surface area contributed by atoms with E-state index in [-0.39, 0.29) is 5.78 Å². The maximum Gasteiger partial charge on any atom is 0.193 e. The van der Waals surface area contributed by atoms with Crippen molar-refractivity contribution in [3.05, 3.63) is 41.5 Å². The van der Waals surface area contributed by atoms with Gasteiger partial charge < -0.3 is 28.4 Å². The Labute approximate surface area is 278 Å². The van der Waals surface area contributed by atoms with E-state index in [4.69, 9.17) is 28.4 Å². The summed E-state index contributed by atoms with van der Waals surface area (Å²) in [6.45, 7) is 15.9. The van der Waals surface area contributed by atoms with Crippen molar-refractivity contribution in [2.45, 2.75) is 119 Å². The van der Waals surface area contributed by atoms with E-state index in [0.717, 1.165) is 88.4 Å². The normalized spacial score (nSPS) is 11.1. The molecule has 0 bridgehead atoms. The minimum atomic E-state index is -0.254. The first kappa shape index (κ1) is 38.8. The van der Waals surface area contributed by atoms with Crippen LogP contribution < -0.4 is 28.4 Å². The molecule has 0 aliphatic rings. The third-order valence-corrected chi connectivity index (χ3v) is 7.33. The Hall–Kier alpha value is -3.35. The first-order valence-corrected chi connectivity index (χ1v) is 17.9. The van der Waals surface area contributed by atoms with Gasteiger partial charge in [-0.25, -0.2) is 0 Å². The van der Waals surface area contributed by atoms with Crippen molar-refractivity contribution in [1.82, 2.24) is 0 Å². The molecule has 2 rings (SSSR count). The number of benzene rings is 2. The summed E-state index contributed by atoms with van der Waals surface area (Å²) in [7, 11) is 0. The van der Waals surface area contributed by atoms with Gasteiger partial charge in [0, 0.05) is 11.6 Å². The van der Waals surface area contributed by atoms with E-state index < -0.39 is 0 Å². The molecule has 7 heteroatoms. The summed E-state index contributed by atoms with van der Waals surface area (Å²) in [6, 6.07) is 7.61. The maximum absolute atomic E-state index is 14.3. The predicted octanol–water partition coefficient (Wildman–Crippen LogP) is 10.7. The van der Waals surface area contributed by atoms with Gasteiger partial charge in [0.15, 0.2) is 28.8 Å². The van der Waals surface area contributed by atoms with Gasteiger partial charge in [0.25, 0.3) is 0 Å². The van der Waals surface area contributed by atoms with Crippen molar-refractivity contribution < 1.29 is 33.2 Å². The van der Waals surface area contributed by atoms with Gasteiger partial charge >= 0.3 is 0 Å². The van der Waals surface area contributed by atoms with Crippen LogP contribution in [0.25, 0.3) is 6.08 Å². The average Bonchev–Trinajstić information content (AvgIpc) is 3.06. The molecule has 0 heterocycles. The van der Waals surface area contributed by atoms with Crippen LogP contribution in [0.5, 0.6) is 34.5 Å². The second-order valence-corrected chi connectivity index (χ2v) is 11.5. The number of carbonyl (C=O) groups excluding carboxylic acids is 1. The van der Waals surface area contributed by atoms with E-state index in [1.54, 1.807) is 12.2 Å². The Morgan fingerprint density at radius 1 is 0.522 bits per heavy atom. The SMILES string of the molecule is CCCCOc1ccc(OCCCC)c(/C=C/C(=O)c2c(OCCCC)c(OCCCC)cc(OCCCC)c2OCCCC)c1. The summed E-state index contributed by atoms with van der Waals surface area (Å²) < 4.78 is 37.3. The molecule has 0 fully saturated rings. The number of rotatable bonds is 27. The van der Waals surface area contributed by atoms with Crippen LogP contribution in [0.3, 0.4) is 0 Å². The molecule has 258 valence electrons. The molecule has 0 saturated heterocycles. The average molecular weight is 641 g/mol. The molecule has 0 atom stereocenters. The van der Waals surface area contributed by atoms with Gasteiger partial charge in [0.1, 0.15) is 17.1 Å². The van der Waals surface area contributed by atoms with Gasteiger partial charge in [-0.15, -0.1) is 0 Å². The van der Waals surface area contributed by atoms with E-state index in [2.05, 4.69) is 41.5 Å². The van der Waals surface area contributed by atoms with Crippen molar-refractivity contribution >= 4 is 11.9 Å². The van der Waals surface area contributed by atoms with Crippen molar-refractivity contribution in [2.24, 2.45) is 0 Å². The molecular formula is C39H60O7. The van der Waals surface area contributed by atoms with Crippen molar-refractivity contribution in [3.8, 4) is 34.5 Å².